The summed E-state index contributed by atoms with van der Waals surface area (Å²) in [5, 5.41) is 30.8. The maximum Gasteiger partial charge on any atom is 0.0825 e. The molecule has 0 saturated heterocycles. The third-order valence-electron chi connectivity index (χ3n) is 9.75. The zero-order chi connectivity index (χ0) is 24.9. The van der Waals surface area contributed by atoms with E-state index in [1.165, 1.54) is 37.7 Å². The fraction of sp³-hybridized carbons (Fsp3) is 0.742. The summed E-state index contributed by atoms with van der Waals surface area (Å²) in [7, 11) is 0. The van der Waals surface area contributed by atoms with Crippen LogP contribution in [-0.4, -0.2) is 33.1 Å². The molecule has 4 unspecified atom stereocenters. The second kappa shape index (κ2) is 11.7. The largest absolute Gasteiger partial charge is 0.393 e. The van der Waals surface area contributed by atoms with Gasteiger partial charge in [0.25, 0.3) is 0 Å². The van der Waals surface area contributed by atoms with E-state index in [0.29, 0.717) is 29.6 Å². The number of rotatable bonds is 8. The minimum Gasteiger partial charge on any atom is -0.393 e. The molecule has 0 aromatic rings. The topological polar surface area (TPSA) is 60.7 Å². The van der Waals surface area contributed by atoms with E-state index in [-0.39, 0.29) is 5.92 Å². The Morgan fingerprint density at radius 2 is 1.79 bits per heavy atom. The van der Waals surface area contributed by atoms with E-state index < -0.39 is 17.8 Å². The molecule has 3 saturated carbocycles. The van der Waals surface area contributed by atoms with E-state index in [4.69, 9.17) is 0 Å². The summed E-state index contributed by atoms with van der Waals surface area (Å²) in [6, 6.07) is 0. The van der Waals surface area contributed by atoms with Gasteiger partial charge in [-0.2, -0.15) is 0 Å². The lowest BCUT2D eigenvalue weighted by Gasteiger charge is -2.44. The highest BCUT2D eigenvalue weighted by molar-refractivity contribution is 5.26. The molecule has 0 aliphatic heterocycles. The number of hydrogen-bond acceptors (Lipinski definition) is 3. The van der Waals surface area contributed by atoms with Gasteiger partial charge in [-0.15, -0.1) is 0 Å². The van der Waals surface area contributed by atoms with Crippen molar-refractivity contribution in [2.45, 2.75) is 117 Å². The van der Waals surface area contributed by atoms with Gasteiger partial charge in [0.15, 0.2) is 0 Å². The van der Waals surface area contributed by atoms with Crippen LogP contribution in [0, 0.1) is 29.1 Å². The molecule has 34 heavy (non-hydrogen) atoms. The van der Waals surface area contributed by atoms with E-state index >= 15 is 0 Å². The SMILES string of the molecule is CCC(O)(/C=C/C=C/[C@@H](C)C1CCC2/C(=C/C=C3/CC[C@H]([C@H](C)O)C(O)C3)CCCC21C)CC. The highest BCUT2D eigenvalue weighted by Gasteiger charge is 2.50. The normalized spacial score (nSPS) is 37.1. The van der Waals surface area contributed by atoms with E-state index in [9.17, 15) is 15.3 Å². The second-order valence-electron chi connectivity index (χ2n) is 11.8. The molecule has 0 radical (unpaired) electrons. The maximum absolute atomic E-state index is 10.5. The molecular formula is C31H50O3. The Labute approximate surface area is 208 Å². The summed E-state index contributed by atoms with van der Waals surface area (Å²) in [6.07, 6.45) is 22.7. The number of aliphatic hydroxyl groups excluding tert-OH is 2. The molecule has 3 aliphatic carbocycles. The highest BCUT2D eigenvalue weighted by Crippen LogP contribution is 2.59. The molecule has 0 amide bonds. The first-order valence-electron chi connectivity index (χ1n) is 14.0. The summed E-state index contributed by atoms with van der Waals surface area (Å²) >= 11 is 0. The molecule has 3 fully saturated rings. The van der Waals surface area contributed by atoms with Gasteiger partial charge in [0.1, 0.15) is 0 Å². The fourth-order valence-electron chi connectivity index (χ4n) is 7.24. The van der Waals surface area contributed by atoms with Crippen molar-refractivity contribution < 1.29 is 15.3 Å². The van der Waals surface area contributed by atoms with Crippen LogP contribution in [0.2, 0.25) is 0 Å². The van der Waals surface area contributed by atoms with Crippen LogP contribution >= 0.6 is 0 Å². The Morgan fingerprint density at radius 3 is 2.44 bits per heavy atom. The average Bonchev–Trinajstić information content (AvgIpc) is 3.17. The van der Waals surface area contributed by atoms with Crippen molar-refractivity contribution >= 4 is 0 Å². The minimum absolute atomic E-state index is 0.0143. The van der Waals surface area contributed by atoms with E-state index in [2.05, 4.69) is 38.2 Å². The van der Waals surface area contributed by atoms with Crippen LogP contribution < -0.4 is 0 Å². The number of hydrogen-bond donors (Lipinski definition) is 3. The van der Waals surface area contributed by atoms with E-state index in [1.807, 2.05) is 26.0 Å². The molecule has 0 bridgehead atoms. The molecule has 0 spiro atoms. The van der Waals surface area contributed by atoms with Crippen LogP contribution in [0.15, 0.2) is 47.6 Å². The van der Waals surface area contributed by atoms with Crippen molar-refractivity contribution in [3.8, 4) is 0 Å². The highest BCUT2D eigenvalue weighted by atomic mass is 16.3. The lowest BCUT2D eigenvalue weighted by Crippen LogP contribution is -2.35. The number of fused-ring (bicyclic) bond motifs is 1. The molecule has 0 aromatic carbocycles. The van der Waals surface area contributed by atoms with Crippen LogP contribution in [0.4, 0.5) is 0 Å². The van der Waals surface area contributed by atoms with Gasteiger partial charge in [-0.1, -0.05) is 75.3 Å². The molecule has 7 atom stereocenters. The van der Waals surface area contributed by atoms with Gasteiger partial charge in [0.05, 0.1) is 17.8 Å². The van der Waals surface area contributed by atoms with Crippen LogP contribution in [0.1, 0.15) is 98.8 Å². The fourth-order valence-corrected chi connectivity index (χ4v) is 7.24. The quantitative estimate of drug-likeness (QED) is 0.338. The Kier molecular flexibility index (Phi) is 9.45. The van der Waals surface area contributed by atoms with E-state index in [1.54, 1.807) is 12.5 Å². The van der Waals surface area contributed by atoms with Crippen LogP contribution in [0.5, 0.6) is 0 Å². The van der Waals surface area contributed by atoms with Crippen LogP contribution in [0.25, 0.3) is 0 Å². The van der Waals surface area contributed by atoms with Crippen molar-refractivity contribution in [3.63, 3.8) is 0 Å². The first-order valence-corrected chi connectivity index (χ1v) is 14.0. The molecule has 3 N–H and O–H groups in total. The predicted octanol–water partition coefficient (Wildman–Crippen LogP) is 6.90. The van der Waals surface area contributed by atoms with Gasteiger partial charge in [-0.3, -0.25) is 0 Å². The maximum atomic E-state index is 10.5. The summed E-state index contributed by atoms with van der Waals surface area (Å²) in [6.45, 7) is 10.8. The van der Waals surface area contributed by atoms with Crippen LogP contribution in [-0.2, 0) is 0 Å². The zero-order valence-electron chi connectivity index (χ0n) is 22.3. The Hall–Kier alpha value is -1.16. The van der Waals surface area contributed by atoms with E-state index in [0.717, 1.165) is 25.7 Å². The van der Waals surface area contributed by atoms with Crippen molar-refractivity contribution in [3.05, 3.63) is 47.6 Å². The molecule has 192 valence electrons. The molecule has 0 aromatic heterocycles. The molecule has 0 heterocycles. The zero-order valence-corrected chi connectivity index (χ0v) is 22.3. The van der Waals surface area contributed by atoms with Crippen molar-refractivity contribution in [1.82, 2.24) is 0 Å². The lowest BCUT2D eigenvalue weighted by atomic mass is 9.61. The Bertz CT molecular complexity index is 784. The average molecular weight is 471 g/mol. The third kappa shape index (κ3) is 6.15. The van der Waals surface area contributed by atoms with Crippen molar-refractivity contribution in [2.24, 2.45) is 29.1 Å². The first-order chi connectivity index (χ1) is 16.1. The van der Waals surface area contributed by atoms with Crippen molar-refractivity contribution in [2.75, 3.05) is 0 Å². The predicted molar refractivity (Wildman–Crippen MR) is 142 cm³/mol. The smallest absolute Gasteiger partial charge is 0.0825 e. The lowest BCUT2D eigenvalue weighted by molar-refractivity contribution is 0.00779. The monoisotopic (exact) mass is 470 g/mol. The van der Waals surface area contributed by atoms with Gasteiger partial charge >= 0.3 is 0 Å². The van der Waals surface area contributed by atoms with Crippen LogP contribution in [0.3, 0.4) is 0 Å². The number of aliphatic hydroxyl groups is 3. The first kappa shape index (κ1) is 27.4. The standard InChI is InChI=1S/C31H50O3/c1-6-31(34,7-2)20-9-8-11-22(3)27-17-18-28-25(12-10-19-30(27,28)5)15-13-24-14-16-26(23(4)32)29(33)21-24/h8-9,11,13,15,20,22-23,26-29,32-34H,6-7,10,12,14,16-19,21H2,1-5H3/b11-8+,20-9+,24-13-,25-15+/t22-,23+,26-,27?,28?,29?,30?/m1/s1. The minimum atomic E-state index is -0.679. The summed E-state index contributed by atoms with van der Waals surface area (Å²) in [5.74, 6) is 1.90. The molecule has 3 aliphatic rings. The van der Waals surface area contributed by atoms with Crippen molar-refractivity contribution in [1.29, 1.82) is 0 Å². The molecular weight excluding hydrogens is 420 g/mol. The van der Waals surface area contributed by atoms with Gasteiger partial charge in [0.2, 0.25) is 0 Å². The van der Waals surface area contributed by atoms with Gasteiger partial charge in [-0.25, -0.2) is 0 Å². The Morgan fingerprint density at radius 1 is 1.06 bits per heavy atom. The Balaban J connectivity index is 1.66. The molecule has 3 nitrogen and oxygen atoms in total. The summed E-state index contributed by atoms with van der Waals surface area (Å²) in [4.78, 5) is 0. The van der Waals surface area contributed by atoms with Gasteiger partial charge in [0, 0.05) is 5.92 Å². The molecule has 3 heteroatoms. The number of allylic oxidation sites excluding steroid dienone is 6. The molecule has 3 rings (SSSR count). The third-order valence-corrected chi connectivity index (χ3v) is 9.75. The summed E-state index contributed by atoms with van der Waals surface area (Å²) < 4.78 is 0. The second-order valence-corrected chi connectivity index (χ2v) is 11.8. The van der Waals surface area contributed by atoms with Gasteiger partial charge in [-0.05, 0) is 94.3 Å². The van der Waals surface area contributed by atoms with Gasteiger partial charge < -0.3 is 15.3 Å². The summed E-state index contributed by atoms with van der Waals surface area (Å²) in [5.41, 5.74) is 2.62.